The van der Waals surface area contributed by atoms with E-state index in [9.17, 15) is 9.59 Å². The largest absolute Gasteiger partial charge is 0.477 e. The fourth-order valence-corrected chi connectivity index (χ4v) is 1.17. The van der Waals surface area contributed by atoms with Gasteiger partial charge in [-0.2, -0.15) is 0 Å². The van der Waals surface area contributed by atoms with E-state index in [1.165, 1.54) is 13.0 Å². The lowest BCUT2D eigenvalue weighted by Gasteiger charge is -2.03. The van der Waals surface area contributed by atoms with Gasteiger partial charge in [-0.15, -0.1) is 0 Å². The summed E-state index contributed by atoms with van der Waals surface area (Å²) < 4.78 is 0. The zero-order valence-corrected chi connectivity index (χ0v) is 9.15. The number of aliphatic carboxylic acids is 1. The van der Waals surface area contributed by atoms with Crippen molar-refractivity contribution in [3.05, 3.63) is 41.1 Å². The lowest BCUT2D eigenvalue weighted by Crippen LogP contribution is -2.24. The van der Waals surface area contributed by atoms with Crippen molar-refractivity contribution in [3.8, 4) is 0 Å². The minimum atomic E-state index is -1.16. The number of amides is 1. The van der Waals surface area contributed by atoms with Gasteiger partial charge >= 0.3 is 5.97 Å². The van der Waals surface area contributed by atoms with Crippen LogP contribution in [-0.2, 0) is 9.59 Å². The molecule has 0 aliphatic heterocycles. The molecule has 0 radical (unpaired) electrons. The highest BCUT2D eigenvalue weighted by Gasteiger charge is 2.08. The van der Waals surface area contributed by atoms with Crippen molar-refractivity contribution in [1.82, 2.24) is 5.32 Å². The minimum Gasteiger partial charge on any atom is -0.477 e. The van der Waals surface area contributed by atoms with Gasteiger partial charge in [-0.25, -0.2) is 4.79 Å². The predicted molar refractivity (Wildman–Crippen MR) is 60.6 cm³/mol. The molecule has 4 nitrogen and oxygen atoms in total. The van der Waals surface area contributed by atoms with Gasteiger partial charge in [0.05, 0.1) is 0 Å². The van der Waals surface area contributed by atoms with Crippen molar-refractivity contribution < 1.29 is 14.7 Å². The van der Waals surface area contributed by atoms with E-state index in [4.69, 9.17) is 5.11 Å². The van der Waals surface area contributed by atoms with Gasteiger partial charge in [0.25, 0.3) is 0 Å². The molecule has 16 heavy (non-hydrogen) atoms. The number of aryl methyl sites for hydroxylation is 1. The topological polar surface area (TPSA) is 66.4 Å². The number of hydrogen-bond acceptors (Lipinski definition) is 2. The van der Waals surface area contributed by atoms with Crippen LogP contribution in [0, 0.1) is 6.92 Å². The fraction of sp³-hybridized carbons (Fsp3) is 0.167. The van der Waals surface area contributed by atoms with E-state index < -0.39 is 11.9 Å². The van der Waals surface area contributed by atoms with Crippen LogP contribution in [0.3, 0.4) is 0 Å². The van der Waals surface area contributed by atoms with Crippen LogP contribution in [0.15, 0.2) is 30.0 Å². The standard InChI is InChI=1S/C12H13NO3/c1-8-3-5-10(6-4-8)7-11(12(15)16)13-9(2)14/h3-7H,1-2H3,(H,13,14)(H,15,16)/b11-7+. The van der Waals surface area contributed by atoms with Crippen molar-refractivity contribution in [2.24, 2.45) is 0 Å². The maximum absolute atomic E-state index is 10.8. The van der Waals surface area contributed by atoms with E-state index in [2.05, 4.69) is 5.32 Å². The average molecular weight is 219 g/mol. The number of carbonyl (C=O) groups is 2. The highest BCUT2D eigenvalue weighted by molar-refractivity contribution is 5.96. The Kier molecular flexibility index (Phi) is 3.83. The Hall–Kier alpha value is -2.10. The van der Waals surface area contributed by atoms with Gasteiger partial charge in [-0.3, -0.25) is 4.79 Å². The summed E-state index contributed by atoms with van der Waals surface area (Å²) in [7, 11) is 0. The molecular weight excluding hydrogens is 206 g/mol. The van der Waals surface area contributed by atoms with E-state index >= 15 is 0 Å². The predicted octanol–water partition coefficient (Wildman–Crippen LogP) is 1.56. The van der Waals surface area contributed by atoms with Gasteiger partial charge in [-0.05, 0) is 18.6 Å². The van der Waals surface area contributed by atoms with Crippen molar-refractivity contribution in [2.45, 2.75) is 13.8 Å². The van der Waals surface area contributed by atoms with Crippen molar-refractivity contribution in [3.63, 3.8) is 0 Å². The third kappa shape index (κ3) is 3.57. The van der Waals surface area contributed by atoms with Crippen LogP contribution in [0.25, 0.3) is 6.08 Å². The fourth-order valence-electron chi connectivity index (χ4n) is 1.17. The summed E-state index contributed by atoms with van der Waals surface area (Å²) in [6.45, 7) is 3.21. The molecule has 0 unspecified atom stereocenters. The second kappa shape index (κ2) is 5.11. The van der Waals surface area contributed by atoms with Crippen molar-refractivity contribution in [1.29, 1.82) is 0 Å². The van der Waals surface area contributed by atoms with E-state index in [1.807, 2.05) is 19.1 Å². The molecule has 1 rings (SSSR count). The smallest absolute Gasteiger partial charge is 0.352 e. The maximum Gasteiger partial charge on any atom is 0.352 e. The Morgan fingerprint density at radius 2 is 1.81 bits per heavy atom. The van der Waals surface area contributed by atoms with Crippen LogP contribution in [0.5, 0.6) is 0 Å². The third-order valence-electron chi connectivity index (χ3n) is 1.93. The number of nitrogens with one attached hydrogen (secondary N) is 1. The number of carbonyl (C=O) groups excluding carboxylic acids is 1. The van der Waals surface area contributed by atoms with Gasteiger partial charge < -0.3 is 10.4 Å². The van der Waals surface area contributed by atoms with Gasteiger partial charge in [0.2, 0.25) is 5.91 Å². The number of benzene rings is 1. The molecule has 0 spiro atoms. The van der Waals surface area contributed by atoms with E-state index in [0.717, 1.165) is 11.1 Å². The van der Waals surface area contributed by atoms with Gasteiger partial charge in [0.15, 0.2) is 0 Å². The molecule has 0 atom stereocenters. The molecule has 1 aromatic carbocycles. The summed E-state index contributed by atoms with van der Waals surface area (Å²) in [5, 5.41) is 11.1. The molecule has 0 heterocycles. The second-order valence-electron chi connectivity index (χ2n) is 3.46. The quantitative estimate of drug-likeness (QED) is 0.758. The molecule has 1 amide bonds. The monoisotopic (exact) mass is 219 g/mol. The summed E-state index contributed by atoms with van der Waals surface area (Å²) in [5.74, 6) is -1.56. The molecule has 0 aliphatic rings. The number of rotatable bonds is 3. The van der Waals surface area contributed by atoms with Crippen LogP contribution < -0.4 is 5.32 Å². The average Bonchev–Trinajstić information content (AvgIpc) is 2.19. The molecule has 2 N–H and O–H groups in total. The van der Waals surface area contributed by atoms with E-state index in [-0.39, 0.29) is 5.70 Å². The molecule has 0 aliphatic carbocycles. The maximum atomic E-state index is 10.8. The Labute approximate surface area is 93.6 Å². The van der Waals surface area contributed by atoms with Crippen LogP contribution in [0.1, 0.15) is 18.1 Å². The molecule has 84 valence electrons. The van der Waals surface area contributed by atoms with Crippen LogP contribution in [-0.4, -0.2) is 17.0 Å². The van der Waals surface area contributed by atoms with E-state index in [1.54, 1.807) is 12.1 Å². The highest BCUT2D eigenvalue weighted by Crippen LogP contribution is 2.07. The lowest BCUT2D eigenvalue weighted by molar-refractivity contribution is -0.134. The zero-order valence-electron chi connectivity index (χ0n) is 9.15. The first-order chi connectivity index (χ1) is 7.49. The van der Waals surface area contributed by atoms with E-state index in [0.29, 0.717) is 0 Å². The first-order valence-corrected chi connectivity index (χ1v) is 4.78. The molecule has 0 saturated carbocycles. The zero-order chi connectivity index (χ0) is 12.1. The lowest BCUT2D eigenvalue weighted by atomic mass is 10.1. The van der Waals surface area contributed by atoms with Crippen LogP contribution in [0.4, 0.5) is 0 Å². The molecule has 0 bridgehead atoms. The van der Waals surface area contributed by atoms with Gasteiger partial charge in [0.1, 0.15) is 5.70 Å². The van der Waals surface area contributed by atoms with Crippen molar-refractivity contribution in [2.75, 3.05) is 0 Å². The Morgan fingerprint density at radius 3 is 2.25 bits per heavy atom. The number of carboxylic acid groups (broad SMARTS) is 1. The van der Waals surface area contributed by atoms with Crippen molar-refractivity contribution >= 4 is 18.0 Å². The molecule has 0 aromatic heterocycles. The SMILES string of the molecule is CC(=O)N/C(=C/c1ccc(C)cc1)C(=O)O. The normalized spacial score (nSPS) is 11.0. The first-order valence-electron chi connectivity index (χ1n) is 4.78. The summed E-state index contributed by atoms with van der Waals surface area (Å²) >= 11 is 0. The molecule has 0 saturated heterocycles. The molecular formula is C12H13NO3. The Morgan fingerprint density at radius 1 is 1.25 bits per heavy atom. The Balaban J connectivity index is 2.97. The number of carboxylic acids is 1. The van der Waals surface area contributed by atoms with Crippen LogP contribution >= 0.6 is 0 Å². The second-order valence-corrected chi connectivity index (χ2v) is 3.46. The molecule has 0 fully saturated rings. The highest BCUT2D eigenvalue weighted by atomic mass is 16.4. The summed E-state index contributed by atoms with van der Waals surface area (Å²) in [4.78, 5) is 21.6. The number of hydrogen-bond donors (Lipinski definition) is 2. The van der Waals surface area contributed by atoms with Crippen LogP contribution in [0.2, 0.25) is 0 Å². The first kappa shape index (κ1) is 12.0. The summed E-state index contributed by atoms with van der Waals surface area (Å²) in [5.41, 5.74) is 1.70. The summed E-state index contributed by atoms with van der Waals surface area (Å²) in [6.07, 6.45) is 1.42. The summed E-state index contributed by atoms with van der Waals surface area (Å²) in [6, 6.07) is 7.33. The Bertz CT molecular complexity index is 432. The molecule has 4 heteroatoms. The van der Waals surface area contributed by atoms with Gasteiger partial charge in [0, 0.05) is 6.92 Å². The minimum absolute atomic E-state index is 0.128. The third-order valence-corrected chi connectivity index (χ3v) is 1.93. The van der Waals surface area contributed by atoms with Gasteiger partial charge in [-0.1, -0.05) is 29.8 Å². The molecule has 1 aromatic rings.